The summed E-state index contributed by atoms with van der Waals surface area (Å²) in [5.74, 6) is 0.785. The molecule has 0 amide bonds. The van der Waals surface area contributed by atoms with Gasteiger partial charge in [-0.2, -0.15) is 0 Å². The number of para-hydroxylation sites is 1. The van der Waals surface area contributed by atoms with E-state index in [2.05, 4.69) is 0 Å². The Morgan fingerprint density at radius 1 is 1.23 bits per heavy atom. The Bertz CT molecular complexity index is 928. The summed E-state index contributed by atoms with van der Waals surface area (Å²) >= 11 is 6.09. The zero-order valence-corrected chi connectivity index (χ0v) is 12.8. The van der Waals surface area contributed by atoms with Crippen LogP contribution in [0.4, 0.5) is 0 Å². The highest BCUT2D eigenvalue weighted by Gasteiger charge is 2.14. The highest BCUT2D eigenvalue weighted by Crippen LogP contribution is 2.36. The van der Waals surface area contributed by atoms with Crippen LogP contribution in [0.5, 0.6) is 11.5 Å². The van der Waals surface area contributed by atoms with Crippen LogP contribution in [0.15, 0.2) is 45.6 Å². The molecule has 22 heavy (non-hydrogen) atoms. The van der Waals surface area contributed by atoms with Crippen molar-refractivity contribution in [1.29, 1.82) is 0 Å². The summed E-state index contributed by atoms with van der Waals surface area (Å²) in [6.07, 6.45) is 0. The Kier molecular flexibility index (Phi) is 3.54. The number of aryl methyl sites for hydroxylation is 1. The fraction of sp³-hybridized carbons (Fsp3) is 0.118. The number of benzene rings is 2. The Hall–Kier alpha value is -2.46. The first-order chi connectivity index (χ1) is 10.5. The van der Waals surface area contributed by atoms with E-state index in [4.69, 9.17) is 20.8 Å². The number of ether oxygens (including phenoxy) is 1. The zero-order valence-electron chi connectivity index (χ0n) is 12.0. The van der Waals surface area contributed by atoms with Gasteiger partial charge in [0.1, 0.15) is 17.3 Å². The van der Waals surface area contributed by atoms with Gasteiger partial charge >= 0.3 is 0 Å². The van der Waals surface area contributed by atoms with Crippen molar-refractivity contribution in [2.24, 2.45) is 0 Å². The number of rotatable bonds is 2. The molecule has 3 aromatic rings. The lowest BCUT2D eigenvalue weighted by Gasteiger charge is -2.10. The predicted octanol–water partition coefficient (Wildman–Crippen LogP) is 4.14. The van der Waals surface area contributed by atoms with E-state index in [0.717, 1.165) is 5.56 Å². The molecule has 0 aliphatic heterocycles. The second-order valence-corrected chi connectivity index (χ2v) is 5.34. The van der Waals surface area contributed by atoms with Crippen LogP contribution in [0.25, 0.3) is 22.3 Å². The third-order valence-electron chi connectivity index (χ3n) is 3.49. The van der Waals surface area contributed by atoms with Crippen LogP contribution < -0.4 is 10.2 Å². The predicted molar refractivity (Wildman–Crippen MR) is 85.9 cm³/mol. The lowest BCUT2D eigenvalue weighted by Crippen LogP contribution is -2.00. The molecule has 0 bridgehead atoms. The maximum absolute atomic E-state index is 12.2. The van der Waals surface area contributed by atoms with Crippen molar-refractivity contribution in [1.82, 2.24) is 0 Å². The molecule has 0 saturated heterocycles. The Balaban J connectivity index is 2.30. The van der Waals surface area contributed by atoms with Gasteiger partial charge in [0.25, 0.3) is 0 Å². The summed E-state index contributed by atoms with van der Waals surface area (Å²) in [5.41, 5.74) is 1.32. The summed E-state index contributed by atoms with van der Waals surface area (Å²) in [4.78, 5) is 12.2. The summed E-state index contributed by atoms with van der Waals surface area (Å²) in [7, 11) is 1.53. The minimum absolute atomic E-state index is 0.0306. The van der Waals surface area contributed by atoms with Crippen LogP contribution in [-0.4, -0.2) is 12.2 Å². The number of halogens is 1. The van der Waals surface area contributed by atoms with Crippen molar-refractivity contribution < 1.29 is 14.3 Å². The van der Waals surface area contributed by atoms with Crippen LogP contribution in [-0.2, 0) is 0 Å². The molecule has 0 spiro atoms. The maximum Gasteiger partial charge on any atom is 0.193 e. The molecule has 112 valence electrons. The lowest BCUT2D eigenvalue weighted by atomic mass is 10.1. The van der Waals surface area contributed by atoms with Crippen molar-refractivity contribution in [3.63, 3.8) is 0 Å². The highest BCUT2D eigenvalue weighted by atomic mass is 35.5. The monoisotopic (exact) mass is 316 g/mol. The van der Waals surface area contributed by atoms with E-state index in [0.29, 0.717) is 27.3 Å². The largest absolute Gasteiger partial charge is 0.507 e. The molecule has 0 atom stereocenters. The van der Waals surface area contributed by atoms with E-state index in [1.165, 1.54) is 19.2 Å². The molecule has 0 aliphatic rings. The van der Waals surface area contributed by atoms with E-state index in [1.54, 1.807) is 24.3 Å². The Morgan fingerprint density at radius 2 is 2.00 bits per heavy atom. The fourth-order valence-electron chi connectivity index (χ4n) is 2.37. The van der Waals surface area contributed by atoms with Crippen LogP contribution in [0.1, 0.15) is 5.56 Å². The second-order valence-electron chi connectivity index (χ2n) is 4.93. The second kappa shape index (κ2) is 5.39. The molecule has 3 rings (SSSR count). The number of hydrogen-bond donors (Lipinski definition) is 1. The number of methoxy groups -OCH3 is 1. The van der Waals surface area contributed by atoms with Gasteiger partial charge in [0.2, 0.25) is 0 Å². The summed E-state index contributed by atoms with van der Waals surface area (Å²) < 4.78 is 10.9. The Labute approximate surface area is 131 Å². The number of phenolic OH excluding ortho intramolecular Hbond substituents is 1. The number of phenols is 1. The highest BCUT2D eigenvalue weighted by molar-refractivity contribution is 6.34. The van der Waals surface area contributed by atoms with Crippen LogP contribution >= 0.6 is 11.6 Å². The molecule has 0 unspecified atom stereocenters. The van der Waals surface area contributed by atoms with Crippen molar-refractivity contribution in [2.75, 3.05) is 7.11 Å². The molecule has 0 radical (unpaired) electrons. The molecule has 1 N–H and O–H groups in total. The molecule has 2 aromatic carbocycles. The van der Waals surface area contributed by atoms with Crippen molar-refractivity contribution in [3.05, 3.63) is 57.2 Å². The van der Waals surface area contributed by atoms with Gasteiger partial charge in [-0.15, -0.1) is 0 Å². The number of aromatic hydroxyl groups is 1. The summed E-state index contributed by atoms with van der Waals surface area (Å²) in [5, 5.41) is 10.9. The lowest BCUT2D eigenvalue weighted by molar-refractivity contribution is 0.404. The third-order valence-corrected chi connectivity index (χ3v) is 3.78. The average Bonchev–Trinajstić information content (AvgIpc) is 2.50. The average molecular weight is 317 g/mol. The van der Waals surface area contributed by atoms with E-state index < -0.39 is 0 Å². The van der Waals surface area contributed by atoms with Crippen LogP contribution in [0.3, 0.4) is 0 Å². The van der Waals surface area contributed by atoms with Crippen molar-refractivity contribution >= 4 is 22.6 Å². The molecule has 0 saturated carbocycles. The first kappa shape index (κ1) is 14.5. The van der Waals surface area contributed by atoms with E-state index >= 15 is 0 Å². The van der Waals surface area contributed by atoms with Gasteiger partial charge in [-0.25, -0.2) is 0 Å². The quantitative estimate of drug-likeness (QED) is 0.772. The first-order valence-corrected chi connectivity index (χ1v) is 6.99. The van der Waals surface area contributed by atoms with E-state index in [-0.39, 0.29) is 16.9 Å². The first-order valence-electron chi connectivity index (χ1n) is 6.61. The molecule has 1 aromatic heterocycles. The van der Waals surface area contributed by atoms with Gasteiger partial charge in [-0.1, -0.05) is 17.7 Å². The maximum atomic E-state index is 12.2. The molecular weight excluding hydrogens is 304 g/mol. The minimum atomic E-state index is -0.216. The molecule has 0 aliphatic carbocycles. The van der Waals surface area contributed by atoms with Gasteiger partial charge in [0, 0.05) is 12.1 Å². The standard InChI is InChI=1S/C17H13ClO4/c1-9-6-11(14(20)7-15(9)21-2)16-8-13(19)10-4-3-5-12(18)17(10)22-16/h3-8,20H,1-2H3. The molecule has 1 heterocycles. The fourth-order valence-corrected chi connectivity index (χ4v) is 2.58. The van der Waals surface area contributed by atoms with E-state index in [9.17, 15) is 9.90 Å². The van der Waals surface area contributed by atoms with Gasteiger partial charge in [0.15, 0.2) is 11.0 Å². The summed E-state index contributed by atoms with van der Waals surface area (Å²) in [6.45, 7) is 1.84. The molecule has 4 nitrogen and oxygen atoms in total. The molecular formula is C17H13ClO4. The van der Waals surface area contributed by atoms with Crippen molar-refractivity contribution in [3.8, 4) is 22.8 Å². The molecule has 0 fully saturated rings. The smallest absolute Gasteiger partial charge is 0.193 e. The zero-order chi connectivity index (χ0) is 15.9. The van der Waals surface area contributed by atoms with Crippen LogP contribution in [0, 0.1) is 6.92 Å². The minimum Gasteiger partial charge on any atom is -0.507 e. The van der Waals surface area contributed by atoms with Gasteiger partial charge in [-0.05, 0) is 30.7 Å². The van der Waals surface area contributed by atoms with Crippen LogP contribution in [0.2, 0.25) is 5.02 Å². The summed E-state index contributed by atoms with van der Waals surface area (Å²) in [6, 6.07) is 9.53. The Morgan fingerprint density at radius 3 is 2.73 bits per heavy atom. The van der Waals surface area contributed by atoms with Gasteiger partial charge < -0.3 is 14.3 Å². The van der Waals surface area contributed by atoms with E-state index in [1.807, 2.05) is 6.92 Å². The number of fused-ring (bicyclic) bond motifs is 1. The van der Waals surface area contributed by atoms with Gasteiger partial charge in [0.05, 0.1) is 23.1 Å². The topological polar surface area (TPSA) is 59.7 Å². The van der Waals surface area contributed by atoms with Crippen molar-refractivity contribution in [2.45, 2.75) is 6.92 Å². The third kappa shape index (κ3) is 2.31. The number of hydrogen-bond acceptors (Lipinski definition) is 4. The van der Waals surface area contributed by atoms with Gasteiger partial charge in [-0.3, -0.25) is 4.79 Å². The normalized spacial score (nSPS) is 10.9. The molecule has 5 heteroatoms. The SMILES string of the molecule is COc1cc(O)c(-c2cc(=O)c3cccc(Cl)c3o2)cc1C.